The molecular weight excluding hydrogens is 426 g/mol. The van der Waals surface area contributed by atoms with E-state index < -0.39 is 17.7 Å². The van der Waals surface area contributed by atoms with E-state index in [4.69, 9.17) is 18.6 Å². The normalized spacial score (nSPS) is 17.3. The highest BCUT2D eigenvalue weighted by Crippen LogP contribution is 2.42. The van der Waals surface area contributed by atoms with Gasteiger partial charge in [-0.1, -0.05) is 6.07 Å². The van der Waals surface area contributed by atoms with Gasteiger partial charge in [0.2, 0.25) is 0 Å². The number of furan rings is 1. The van der Waals surface area contributed by atoms with Gasteiger partial charge in [0, 0.05) is 5.56 Å². The molecule has 1 aromatic heterocycles. The quantitative estimate of drug-likeness (QED) is 0.332. The average molecular weight is 449 g/mol. The number of likely N-dealkylation sites (tertiary alicyclic amines) is 1. The van der Waals surface area contributed by atoms with E-state index in [2.05, 4.69) is 0 Å². The summed E-state index contributed by atoms with van der Waals surface area (Å²) in [7, 11) is 4.55. The van der Waals surface area contributed by atoms with E-state index in [9.17, 15) is 14.7 Å². The molecule has 1 aliphatic heterocycles. The molecular formula is C25H23NO7. The van der Waals surface area contributed by atoms with Crippen molar-refractivity contribution in [3.8, 4) is 17.2 Å². The summed E-state index contributed by atoms with van der Waals surface area (Å²) in [5.74, 6) is 0.240. The summed E-state index contributed by atoms with van der Waals surface area (Å²) in [6, 6.07) is 14.2. The molecule has 1 saturated heterocycles. The summed E-state index contributed by atoms with van der Waals surface area (Å²) in [5, 5.41) is 11.1. The van der Waals surface area contributed by atoms with Crippen molar-refractivity contribution in [2.45, 2.75) is 12.6 Å². The molecule has 0 saturated carbocycles. The first-order valence-corrected chi connectivity index (χ1v) is 10.2. The van der Waals surface area contributed by atoms with Crippen molar-refractivity contribution < 1.29 is 33.3 Å². The Hall–Kier alpha value is -4.20. The smallest absolute Gasteiger partial charge is 0.296 e. The summed E-state index contributed by atoms with van der Waals surface area (Å²) in [6.45, 7) is 0.0516. The van der Waals surface area contributed by atoms with Crippen molar-refractivity contribution in [1.29, 1.82) is 0 Å². The Balaban J connectivity index is 1.87. The number of carbonyl (C=O) groups is 2. The molecule has 8 nitrogen and oxygen atoms in total. The lowest BCUT2D eigenvalue weighted by molar-refractivity contribution is -0.140. The van der Waals surface area contributed by atoms with Gasteiger partial charge in [0.05, 0.1) is 45.8 Å². The molecule has 1 atom stereocenters. The van der Waals surface area contributed by atoms with Crippen LogP contribution in [0.5, 0.6) is 17.2 Å². The lowest BCUT2D eigenvalue weighted by atomic mass is 9.95. The monoisotopic (exact) mass is 449 g/mol. The minimum absolute atomic E-state index is 0.0241. The van der Waals surface area contributed by atoms with Crippen LogP contribution in [-0.2, 0) is 16.1 Å². The predicted molar refractivity (Wildman–Crippen MR) is 119 cm³/mol. The molecule has 0 aliphatic carbocycles. The Morgan fingerprint density at radius 1 is 0.970 bits per heavy atom. The lowest BCUT2D eigenvalue weighted by Gasteiger charge is -2.25. The van der Waals surface area contributed by atoms with Crippen molar-refractivity contribution in [3.63, 3.8) is 0 Å². The Morgan fingerprint density at radius 3 is 2.30 bits per heavy atom. The number of hydrogen-bond acceptors (Lipinski definition) is 7. The van der Waals surface area contributed by atoms with Crippen molar-refractivity contribution in [1.82, 2.24) is 4.90 Å². The van der Waals surface area contributed by atoms with E-state index >= 15 is 0 Å². The summed E-state index contributed by atoms with van der Waals surface area (Å²) in [4.78, 5) is 27.5. The first kappa shape index (κ1) is 22.0. The van der Waals surface area contributed by atoms with Gasteiger partial charge in [-0.2, -0.15) is 0 Å². The molecule has 2 heterocycles. The Kier molecular flexibility index (Phi) is 6.08. The zero-order valence-electron chi connectivity index (χ0n) is 18.4. The SMILES string of the molecule is COc1ccc(/C(O)=C2\C(=O)C(=O)N(Cc3ccco3)[C@@H]2c2ccc(OC)c(OC)c2)cc1. The third kappa shape index (κ3) is 4.03. The van der Waals surface area contributed by atoms with E-state index in [0.717, 1.165) is 0 Å². The maximum atomic E-state index is 13.1. The average Bonchev–Trinajstić information content (AvgIpc) is 3.45. The Bertz CT molecular complexity index is 1200. The fraction of sp³-hybridized carbons (Fsp3) is 0.200. The molecule has 170 valence electrons. The van der Waals surface area contributed by atoms with Crippen LogP contribution in [0.25, 0.3) is 5.76 Å². The zero-order valence-corrected chi connectivity index (χ0v) is 18.4. The van der Waals surface area contributed by atoms with Gasteiger partial charge in [-0.15, -0.1) is 0 Å². The van der Waals surface area contributed by atoms with Crippen LogP contribution in [0.15, 0.2) is 70.9 Å². The van der Waals surface area contributed by atoms with Crippen LogP contribution in [0.4, 0.5) is 0 Å². The van der Waals surface area contributed by atoms with Gasteiger partial charge < -0.3 is 28.6 Å². The standard InChI is InChI=1S/C25H23NO7/c1-30-17-9-6-15(7-10-17)23(27)21-22(16-8-11-19(31-2)20(13-16)32-3)26(25(29)24(21)28)14-18-5-4-12-33-18/h4-13,22,27H,14H2,1-3H3/b23-21+/t22-/m1/s1. The van der Waals surface area contributed by atoms with Crippen LogP contribution in [0.3, 0.4) is 0 Å². The molecule has 33 heavy (non-hydrogen) atoms. The summed E-state index contributed by atoms with van der Waals surface area (Å²) >= 11 is 0. The van der Waals surface area contributed by atoms with Gasteiger partial charge in [-0.05, 0) is 54.1 Å². The van der Waals surface area contributed by atoms with Gasteiger partial charge in [-0.25, -0.2) is 0 Å². The summed E-state index contributed by atoms with van der Waals surface area (Å²) < 4.78 is 21.3. The molecule has 0 radical (unpaired) electrons. The predicted octanol–water partition coefficient (Wildman–Crippen LogP) is 3.93. The highest BCUT2D eigenvalue weighted by molar-refractivity contribution is 6.46. The summed E-state index contributed by atoms with van der Waals surface area (Å²) in [6.07, 6.45) is 1.49. The topological polar surface area (TPSA) is 98.4 Å². The number of aliphatic hydroxyl groups is 1. The molecule has 0 bridgehead atoms. The number of ketones is 1. The second-order valence-electron chi connectivity index (χ2n) is 7.35. The van der Waals surface area contributed by atoms with Gasteiger partial charge in [-0.3, -0.25) is 9.59 Å². The third-order valence-corrected chi connectivity index (χ3v) is 5.53. The number of Topliss-reactive ketones (excluding diaryl/α,β-unsaturated/α-hetero) is 1. The molecule has 4 rings (SSSR count). The minimum Gasteiger partial charge on any atom is -0.507 e. The number of aliphatic hydroxyl groups excluding tert-OH is 1. The van der Waals surface area contributed by atoms with E-state index in [-0.39, 0.29) is 17.9 Å². The largest absolute Gasteiger partial charge is 0.507 e. The molecule has 1 N–H and O–H groups in total. The molecule has 1 aliphatic rings. The zero-order chi connectivity index (χ0) is 23.5. The van der Waals surface area contributed by atoms with Crippen LogP contribution in [0.1, 0.15) is 22.9 Å². The number of nitrogens with zero attached hydrogens (tertiary/aromatic N) is 1. The van der Waals surface area contributed by atoms with Crippen LogP contribution >= 0.6 is 0 Å². The second kappa shape index (κ2) is 9.12. The lowest BCUT2D eigenvalue weighted by Crippen LogP contribution is -2.29. The minimum atomic E-state index is -0.864. The number of carbonyl (C=O) groups excluding carboxylic acids is 2. The number of amides is 1. The fourth-order valence-electron chi connectivity index (χ4n) is 3.89. The molecule has 1 amide bonds. The first-order chi connectivity index (χ1) is 16.0. The van der Waals surface area contributed by atoms with Crippen molar-refractivity contribution in [3.05, 3.63) is 83.3 Å². The number of methoxy groups -OCH3 is 3. The van der Waals surface area contributed by atoms with Gasteiger partial charge >= 0.3 is 0 Å². The third-order valence-electron chi connectivity index (χ3n) is 5.53. The van der Waals surface area contributed by atoms with Crippen LogP contribution < -0.4 is 14.2 Å². The van der Waals surface area contributed by atoms with Crippen molar-refractivity contribution in [2.24, 2.45) is 0 Å². The summed E-state index contributed by atoms with van der Waals surface area (Å²) in [5.41, 5.74) is 0.940. The van der Waals surface area contributed by atoms with Crippen LogP contribution in [0, 0.1) is 0 Å². The Labute approximate surface area is 190 Å². The molecule has 0 spiro atoms. The maximum Gasteiger partial charge on any atom is 0.296 e. The molecule has 1 fully saturated rings. The van der Waals surface area contributed by atoms with Crippen LogP contribution in [0.2, 0.25) is 0 Å². The number of ether oxygens (including phenoxy) is 3. The number of benzene rings is 2. The van der Waals surface area contributed by atoms with Crippen LogP contribution in [-0.4, -0.2) is 43.0 Å². The number of rotatable bonds is 7. The highest BCUT2D eigenvalue weighted by Gasteiger charge is 2.46. The molecule has 0 unspecified atom stereocenters. The van der Waals surface area contributed by atoms with E-state index in [1.807, 2.05) is 0 Å². The van der Waals surface area contributed by atoms with E-state index in [0.29, 0.717) is 34.1 Å². The fourth-order valence-corrected chi connectivity index (χ4v) is 3.89. The van der Waals surface area contributed by atoms with Gasteiger partial charge in [0.25, 0.3) is 11.7 Å². The van der Waals surface area contributed by atoms with E-state index in [1.54, 1.807) is 54.6 Å². The number of hydrogen-bond donors (Lipinski definition) is 1. The van der Waals surface area contributed by atoms with Gasteiger partial charge in [0.1, 0.15) is 17.3 Å². The first-order valence-electron chi connectivity index (χ1n) is 10.2. The van der Waals surface area contributed by atoms with Gasteiger partial charge in [0.15, 0.2) is 11.5 Å². The van der Waals surface area contributed by atoms with Crippen molar-refractivity contribution >= 4 is 17.4 Å². The van der Waals surface area contributed by atoms with E-state index in [1.165, 1.54) is 32.5 Å². The van der Waals surface area contributed by atoms with Crippen molar-refractivity contribution in [2.75, 3.05) is 21.3 Å². The second-order valence-corrected chi connectivity index (χ2v) is 7.35. The molecule has 3 aromatic rings. The Morgan fingerprint density at radius 2 is 1.70 bits per heavy atom. The molecule has 8 heteroatoms. The maximum absolute atomic E-state index is 13.1. The molecule has 2 aromatic carbocycles. The highest BCUT2D eigenvalue weighted by atomic mass is 16.5.